The minimum atomic E-state index is -0.688. The molecular formula is C16H22N2O3. The van der Waals surface area contributed by atoms with Crippen molar-refractivity contribution >= 4 is 11.8 Å². The molecule has 0 radical (unpaired) electrons. The second kappa shape index (κ2) is 7.22. The van der Waals surface area contributed by atoms with Crippen molar-refractivity contribution in [2.75, 3.05) is 19.6 Å². The quantitative estimate of drug-likeness (QED) is 0.872. The zero-order valence-corrected chi connectivity index (χ0v) is 12.3. The third kappa shape index (κ3) is 4.29. The van der Waals surface area contributed by atoms with Gasteiger partial charge in [-0.05, 0) is 18.4 Å². The SMILES string of the molecule is CC(=O)N1CCC(C(=O)NCC(O)c2ccccc2)CC1. The van der Waals surface area contributed by atoms with E-state index in [0.29, 0.717) is 25.9 Å². The van der Waals surface area contributed by atoms with Gasteiger partial charge in [-0.25, -0.2) is 0 Å². The van der Waals surface area contributed by atoms with Crippen molar-refractivity contribution in [3.8, 4) is 0 Å². The summed E-state index contributed by atoms with van der Waals surface area (Å²) in [6.45, 7) is 3.04. The lowest BCUT2D eigenvalue weighted by molar-refractivity contribution is -0.134. The largest absolute Gasteiger partial charge is 0.387 e. The van der Waals surface area contributed by atoms with Crippen molar-refractivity contribution in [1.29, 1.82) is 0 Å². The summed E-state index contributed by atoms with van der Waals surface area (Å²) < 4.78 is 0. The lowest BCUT2D eigenvalue weighted by Gasteiger charge is -2.30. The summed E-state index contributed by atoms with van der Waals surface area (Å²) >= 11 is 0. The zero-order chi connectivity index (χ0) is 15.2. The minimum absolute atomic E-state index is 0.0341. The van der Waals surface area contributed by atoms with Gasteiger partial charge in [0.2, 0.25) is 11.8 Å². The van der Waals surface area contributed by atoms with Gasteiger partial charge in [-0.3, -0.25) is 9.59 Å². The van der Waals surface area contributed by atoms with E-state index < -0.39 is 6.10 Å². The van der Waals surface area contributed by atoms with E-state index in [2.05, 4.69) is 5.32 Å². The molecule has 1 unspecified atom stereocenters. The normalized spacial score (nSPS) is 17.3. The topological polar surface area (TPSA) is 69.6 Å². The number of piperidine rings is 1. The Labute approximate surface area is 125 Å². The van der Waals surface area contributed by atoms with Crippen LogP contribution in [0, 0.1) is 5.92 Å². The lowest BCUT2D eigenvalue weighted by atomic mass is 9.95. The molecule has 1 aliphatic rings. The molecule has 0 aliphatic carbocycles. The van der Waals surface area contributed by atoms with Gasteiger partial charge < -0.3 is 15.3 Å². The number of carbonyl (C=O) groups excluding carboxylic acids is 2. The Kier molecular flexibility index (Phi) is 5.33. The van der Waals surface area contributed by atoms with Gasteiger partial charge in [-0.2, -0.15) is 0 Å². The maximum atomic E-state index is 12.1. The summed E-state index contributed by atoms with van der Waals surface area (Å²) in [6, 6.07) is 9.28. The first-order valence-electron chi connectivity index (χ1n) is 7.34. The first kappa shape index (κ1) is 15.5. The fourth-order valence-corrected chi connectivity index (χ4v) is 2.59. The number of hydrogen-bond acceptors (Lipinski definition) is 3. The number of nitrogens with zero attached hydrogens (tertiary/aromatic N) is 1. The molecule has 2 amide bonds. The maximum Gasteiger partial charge on any atom is 0.223 e. The molecule has 0 bridgehead atoms. The van der Waals surface area contributed by atoms with E-state index >= 15 is 0 Å². The van der Waals surface area contributed by atoms with Crippen LogP contribution in [-0.2, 0) is 9.59 Å². The Bertz CT molecular complexity index is 482. The Morgan fingerprint density at radius 3 is 2.48 bits per heavy atom. The molecule has 2 N–H and O–H groups in total. The zero-order valence-electron chi connectivity index (χ0n) is 12.3. The van der Waals surface area contributed by atoms with Gasteiger partial charge in [0, 0.05) is 32.5 Å². The molecule has 1 fully saturated rings. The number of hydrogen-bond donors (Lipinski definition) is 2. The highest BCUT2D eigenvalue weighted by molar-refractivity contribution is 5.79. The number of benzene rings is 1. The van der Waals surface area contributed by atoms with Crippen molar-refractivity contribution in [3.05, 3.63) is 35.9 Å². The van der Waals surface area contributed by atoms with Gasteiger partial charge in [-0.1, -0.05) is 30.3 Å². The van der Waals surface area contributed by atoms with E-state index in [-0.39, 0.29) is 24.3 Å². The summed E-state index contributed by atoms with van der Waals surface area (Å²) in [5.41, 5.74) is 0.796. The molecule has 114 valence electrons. The molecule has 1 aromatic rings. The number of likely N-dealkylation sites (tertiary alicyclic amines) is 1. The smallest absolute Gasteiger partial charge is 0.223 e. The van der Waals surface area contributed by atoms with Gasteiger partial charge in [0.15, 0.2) is 0 Å². The van der Waals surface area contributed by atoms with Crippen LogP contribution < -0.4 is 5.32 Å². The third-order valence-corrected chi connectivity index (χ3v) is 3.97. The predicted molar refractivity (Wildman–Crippen MR) is 79.4 cm³/mol. The Morgan fingerprint density at radius 1 is 1.29 bits per heavy atom. The van der Waals surface area contributed by atoms with Crippen LogP contribution in [0.3, 0.4) is 0 Å². The van der Waals surface area contributed by atoms with Crippen LogP contribution in [0.1, 0.15) is 31.4 Å². The van der Waals surface area contributed by atoms with Crippen LogP contribution in [0.5, 0.6) is 0 Å². The van der Waals surface area contributed by atoms with Crippen LogP contribution in [0.25, 0.3) is 0 Å². The minimum Gasteiger partial charge on any atom is -0.387 e. The highest BCUT2D eigenvalue weighted by Crippen LogP contribution is 2.18. The fraction of sp³-hybridized carbons (Fsp3) is 0.500. The summed E-state index contributed by atoms with van der Waals surface area (Å²) in [5, 5.41) is 12.8. The van der Waals surface area contributed by atoms with E-state index in [1.807, 2.05) is 30.3 Å². The van der Waals surface area contributed by atoms with E-state index in [0.717, 1.165) is 5.56 Å². The van der Waals surface area contributed by atoms with Crippen molar-refractivity contribution in [3.63, 3.8) is 0 Å². The van der Waals surface area contributed by atoms with Crippen molar-refractivity contribution in [1.82, 2.24) is 10.2 Å². The lowest BCUT2D eigenvalue weighted by Crippen LogP contribution is -2.43. The molecule has 1 saturated heterocycles. The number of nitrogens with one attached hydrogen (secondary N) is 1. The molecule has 21 heavy (non-hydrogen) atoms. The number of aliphatic hydroxyl groups excluding tert-OH is 1. The van der Waals surface area contributed by atoms with Crippen molar-refractivity contribution < 1.29 is 14.7 Å². The summed E-state index contributed by atoms with van der Waals surface area (Å²) in [5.74, 6) is -0.0369. The Morgan fingerprint density at radius 2 is 1.90 bits per heavy atom. The van der Waals surface area contributed by atoms with Gasteiger partial charge >= 0.3 is 0 Å². The Balaban J connectivity index is 1.76. The average Bonchev–Trinajstić information content (AvgIpc) is 2.53. The molecule has 0 spiro atoms. The van der Waals surface area contributed by atoms with Gasteiger partial charge in [0.05, 0.1) is 6.10 Å². The highest BCUT2D eigenvalue weighted by Gasteiger charge is 2.26. The maximum absolute atomic E-state index is 12.1. The fourth-order valence-electron chi connectivity index (χ4n) is 2.59. The predicted octanol–water partition coefficient (Wildman–Crippen LogP) is 1.09. The molecule has 1 aliphatic heterocycles. The molecular weight excluding hydrogens is 268 g/mol. The second-order valence-corrected chi connectivity index (χ2v) is 5.45. The second-order valence-electron chi connectivity index (χ2n) is 5.45. The first-order chi connectivity index (χ1) is 10.1. The van der Waals surface area contributed by atoms with Crippen LogP contribution >= 0.6 is 0 Å². The standard InChI is InChI=1S/C16H22N2O3/c1-12(19)18-9-7-14(8-10-18)16(21)17-11-15(20)13-5-3-2-4-6-13/h2-6,14-15,20H,7-11H2,1H3,(H,17,21). The number of amides is 2. The molecule has 0 saturated carbocycles. The molecule has 2 rings (SSSR count). The van der Waals surface area contributed by atoms with Gasteiger partial charge in [0.1, 0.15) is 0 Å². The van der Waals surface area contributed by atoms with Crippen LogP contribution in [0.4, 0.5) is 0 Å². The summed E-state index contributed by atoms with van der Waals surface area (Å²) in [4.78, 5) is 25.1. The summed E-state index contributed by atoms with van der Waals surface area (Å²) in [7, 11) is 0. The number of rotatable bonds is 4. The van der Waals surface area contributed by atoms with Crippen LogP contribution in [-0.4, -0.2) is 41.5 Å². The van der Waals surface area contributed by atoms with Gasteiger partial charge in [-0.15, -0.1) is 0 Å². The third-order valence-electron chi connectivity index (χ3n) is 3.97. The molecule has 5 nitrogen and oxygen atoms in total. The van der Waals surface area contributed by atoms with E-state index in [1.165, 1.54) is 0 Å². The van der Waals surface area contributed by atoms with Crippen molar-refractivity contribution in [2.24, 2.45) is 5.92 Å². The average molecular weight is 290 g/mol. The molecule has 0 aromatic heterocycles. The molecule has 1 heterocycles. The van der Waals surface area contributed by atoms with E-state index in [1.54, 1.807) is 11.8 Å². The first-order valence-corrected chi connectivity index (χ1v) is 7.34. The summed E-state index contributed by atoms with van der Waals surface area (Å²) in [6.07, 6.45) is 0.687. The van der Waals surface area contributed by atoms with Crippen LogP contribution in [0.2, 0.25) is 0 Å². The van der Waals surface area contributed by atoms with Gasteiger partial charge in [0.25, 0.3) is 0 Å². The van der Waals surface area contributed by atoms with E-state index in [9.17, 15) is 14.7 Å². The number of carbonyl (C=O) groups is 2. The van der Waals surface area contributed by atoms with E-state index in [4.69, 9.17) is 0 Å². The Hall–Kier alpha value is -1.88. The molecule has 1 aromatic carbocycles. The number of aliphatic hydroxyl groups is 1. The molecule has 1 atom stereocenters. The van der Waals surface area contributed by atoms with Crippen molar-refractivity contribution in [2.45, 2.75) is 25.9 Å². The van der Waals surface area contributed by atoms with Crippen LogP contribution in [0.15, 0.2) is 30.3 Å². The molecule has 5 heteroatoms. The highest BCUT2D eigenvalue weighted by atomic mass is 16.3. The monoisotopic (exact) mass is 290 g/mol.